The van der Waals surface area contributed by atoms with Crippen molar-refractivity contribution in [1.82, 2.24) is 25.3 Å². The largest absolute Gasteiger partial charge is 0.457 e. The topological polar surface area (TPSA) is 106 Å². The Labute approximate surface area is 269 Å². The first-order valence-corrected chi connectivity index (χ1v) is 16.3. The van der Waals surface area contributed by atoms with Crippen LogP contribution in [-0.2, 0) is 16.0 Å². The molecule has 3 fully saturated rings. The third kappa shape index (κ3) is 7.47. The number of halogens is 1. The molecule has 1 unspecified atom stereocenters. The molecule has 3 aliphatic heterocycles. The summed E-state index contributed by atoms with van der Waals surface area (Å²) in [4.78, 5) is 29.8. The van der Waals surface area contributed by atoms with Crippen LogP contribution in [0.4, 0.5) is 9.18 Å². The molecule has 0 aliphatic carbocycles. The molecule has 1 aromatic heterocycles. The van der Waals surface area contributed by atoms with Gasteiger partial charge in [-0.1, -0.05) is 13.8 Å². The highest BCUT2D eigenvalue weighted by molar-refractivity contribution is 5.95. The molecular weight excluding hydrogens is 589 g/mol. The van der Waals surface area contributed by atoms with Crippen LogP contribution in [-0.4, -0.2) is 83.0 Å². The highest BCUT2D eigenvalue weighted by Crippen LogP contribution is 2.32. The van der Waals surface area contributed by atoms with E-state index in [0.717, 1.165) is 68.9 Å². The van der Waals surface area contributed by atoms with E-state index in [1.54, 1.807) is 19.1 Å². The molecule has 0 radical (unpaired) electrons. The highest BCUT2D eigenvalue weighted by Gasteiger charge is 2.31. The Balaban J connectivity index is 1.18. The van der Waals surface area contributed by atoms with Crippen molar-refractivity contribution in [2.45, 2.75) is 77.1 Å². The number of carbonyl (C=O) groups excluding carboxylic acids is 2. The number of nitrogens with zero attached hydrogens (tertiary/aromatic N) is 4. The van der Waals surface area contributed by atoms with Crippen LogP contribution in [0.25, 0.3) is 11.3 Å². The molecule has 0 saturated carbocycles. The lowest BCUT2D eigenvalue weighted by Crippen LogP contribution is -2.49. The fraction of sp³-hybridized carbons (Fsp3) is 0.486. The number of hydrogen-bond acceptors (Lipinski definition) is 8. The minimum atomic E-state index is -0.668. The van der Waals surface area contributed by atoms with Crippen molar-refractivity contribution in [3.63, 3.8) is 0 Å². The minimum Gasteiger partial charge on any atom is -0.457 e. The van der Waals surface area contributed by atoms with Gasteiger partial charge in [0.15, 0.2) is 0 Å². The molecule has 1 atom stereocenters. The number of nitrogens with one attached hydrogen (secondary N) is 1. The van der Waals surface area contributed by atoms with Gasteiger partial charge in [-0.25, -0.2) is 9.18 Å². The van der Waals surface area contributed by atoms with E-state index in [9.17, 15) is 9.59 Å². The Hall–Kier alpha value is -4.09. The molecule has 0 spiro atoms. The van der Waals surface area contributed by atoms with Gasteiger partial charge >= 0.3 is 6.09 Å². The maximum atomic E-state index is 15.6. The first-order chi connectivity index (χ1) is 22.2. The van der Waals surface area contributed by atoms with E-state index in [1.807, 2.05) is 24.3 Å². The molecule has 46 heavy (non-hydrogen) atoms. The summed E-state index contributed by atoms with van der Waals surface area (Å²) in [7, 11) is 0. The van der Waals surface area contributed by atoms with Gasteiger partial charge in [-0.2, -0.15) is 10.2 Å². The van der Waals surface area contributed by atoms with Gasteiger partial charge in [0.2, 0.25) is 0 Å². The van der Waals surface area contributed by atoms with E-state index in [4.69, 9.17) is 14.2 Å². The first-order valence-electron chi connectivity index (χ1n) is 16.3. The van der Waals surface area contributed by atoms with Crippen LogP contribution in [0.2, 0.25) is 0 Å². The lowest BCUT2D eigenvalue weighted by Gasteiger charge is -2.39. The summed E-state index contributed by atoms with van der Waals surface area (Å²) in [6, 6.07) is 14.4. The van der Waals surface area contributed by atoms with Crippen molar-refractivity contribution < 1.29 is 28.2 Å². The smallest absolute Gasteiger partial charge is 0.410 e. The zero-order chi connectivity index (χ0) is 32.2. The number of benzene rings is 2. The van der Waals surface area contributed by atoms with Gasteiger partial charge < -0.3 is 29.3 Å². The monoisotopic (exact) mass is 631 g/mol. The fourth-order valence-corrected chi connectivity index (χ4v) is 6.34. The molecule has 3 aliphatic rings. The van der Waals surface area contributed by atoms with Gasteiger partial charge in [0, 0.05) is 49.5 Å². The molecular formula is C35H42FN5O5. The molecule has 6 rings (SSSR count). The van der Waals surface area contributed by atoms with Gasteiger partial charge in [-0.15, -0.1) is 0 Å². The zero-order valence-corrected chi connectivity index (χ0v) is 26.7. The molecule has 10 nitrogen and oxygen atoms in total. The molecule has 0 bridgehead atoms. The van der Waals surface area contributed by atoms with E-state index in [0.29, 0.717) is 29.6 Å². The average molecular weight is 632 g/mol. The van der Waals surface area contributed by atoms with Crippen molar-refractivity contribution in [1.29, 1.82) is 0 Å². The summed E-state index contributed by atoms with van der Waals surface area (Å²) in [6.45, 7) is 9.77. The number of carbonyl (C=O) groups is 2. The molecule has 11 heteroatoms. The summed E-state index contributed by atoms with van der Waals surface area (Å²) >= 11 is 0. The van der Waals surface area contributed by atoms with Crippen LogP contribution in [0.1, 0.15) is 74.0 Å². The molecule has 4 heterocycles. The second kappa shape index (κ2) is 14.1. The van der Waals surface area contributed by atoms with Crippen LogP contribution < -0.4 is 10.1 Å². The fourth-order valence-electron chi connectivity index (χ4n) is 6.34. The van der Waals surface area contributed by atoms with Gasteiger partial charge in [0.1, 0.15) is 23.4 Å². The SMILES string of the molecule is CC1CN(Cc2cc(F)c(C(=O)NC3CCN(C4CCOCC4)CC3)cc2Oc2ccc(-c3ccc(C(C)C)nn3)cc2)C(=O)O1. The maximum Gasteiger partial charge on any atom is 0.410 e. The summed E-state index contributed by atoms with van der Waals surface area (Å²) in [5, 5.41) is 11.7. The number of hydrogen-bond donors (Lipinski definition) is 1. The number of likely N-dealkylation sites (tertiary alicyclic amines) is 1. The Bertz CT molecular complexity index is 1520. The molecule has 2 aromatic carbocycles. The van der Waals surface area contributed by atoms with Crippen molar-refractivity contribution in [3.05, 3.63) is 71.2 Å². The van der Waals surface area contributed by atoms with E-state index < -0.39 is 17.8 Å². The number of cyclic esters (lactones) is 1. The average Bonchev–Trinajstić information content (AvgIpc) is 3.39. The van der Waals surface area contributed by atoms with Crippen LogP contribution >= 0.6 is 0 Å². The molecule has 1 N–H and O–H groups in total. The number of piperidine rings is 1. The van der Waals surface area contributed by atoms with Crippen LogP contribution in [0.15, 0.2) is 48.5 Å². The van der Waals surface area contributed by atoms with Gasteiger partial charge in [0.25, 0.3) is 5.91 Å². The van der Waals surface area contributed by atoms with Crippen molar-refractivity contribution in [2.24, 2.45) is 0 Å². The van der Waals surface area contributed by atoms with Crippen molar-refractivity contribution >= 4 is 12.0 Å². The first kappa shape index (κ1) is 31.9. The summed E-state index contributed by atoms with van der Waals surface area (Å²) in [5.41, 5.74) is 2.86. The maximum absolute atomic E-state index is 15.6. The van der Waals surface area contributed by atoms with E-state index >= 15 is 4.39 Å². The third-order valence-electron chi connectivity index (χ3n) is 9.02. The van der Waals surface area contributed by atoms with Crippen LogP contribution in [0, 0.1) is 5.82 Å². The summed E-state index contributed by atoms with van der Waals surface area (Å²) in [5.74, 6) is -0.0741. The summed E-state index contributed by atoms with van der Waals surface area (Å²) in [6.07, 6.45) is 2.94. The molecule has 3 saturated heterocycles. The van der Waals surface area contributed by atoms with E-state index in [2.05, 4.69) is 34.3 Å². The Morgan fingerprint density at radius 1 is 1.04 bits per heavy atom. The van der Waals surface area contributed by atoms with Crippen molar-refractivity contribution in [3.8, 4) is 22.8 Å². The lowest BCUT2D eigenvalue weighted by molar-refractivity contribution is 0.0238. The predicted molar refractivity (Wildman–Crippen MR) is 170 cm³/mol. The summed E-state index contributed by atoms with van der Waals surface area (Å²) < 4.78 is 32.6. The predicted octanol–water partition coefficient (Wildman–Crippen LogP) is 5.91. The molecule has 3 aromatic rings. The Kier molecular flexibility index (Phi) is 9.79. The quantitative estimate of drug-likeness (QED) is 0.311. The van der Waals surface area contributed by atoms with E-state index in [-0.39, 0.29) is 30.2 Å². The van der Waals surface area contributed by atoms with Gasteiger partial charge in [0.05, 0.1) is 30.0 Å². The number of rotatable bonds is 9. The number of amides is 2. The van der Waals surface area contributed by atoms with E-state index in [1.165, 1.54) is 17.0 Å². The highest BCUT2D eigenvalue weighted by atomic mass is 19.1. The number of aromatic nitrogens is 2. The Morgan fingerprint density at radius 3 is 2.41 bits per heavy atom. The second-order valence-corrected chi connectivity index (χ2v) is 12.8. The zero-order valence-electron chi connectivity index (χ0n) is 26.7. The normalized spacial score (nSPS) is 19.8. The lowest BCUT2D eigenvalue weighted by atomic mass is 9.99. The second-order valence-electron chi connectivity index (χ2n) is 12.8. The van der Waals surface area contributed by atoms with Crippen LogP contribution in [0.5, 0.6) is 11.5 Å². The van der Waals surface area contributed by atoms with Crippen LogP contribution in [0.3, 0.4) is 0 Å². The number of ether oxygens (including phenoxy) is 3. The van der Waals surface area contributed by atoms with Crippen molar-refractivity contribution in [2.75, 3.05) is 32.8 Å². The molecule has 244 valence electrons. The molecule has 2 amide bonds. The standard InChI is InChI=1S/C35H42FN5O5/c1-22(2)31-8-9-32(39-38-31)24-4-6-28(7-5-24)46-33-19-29(30(36)18-25(33)21-41-20-23(3)45-35(41)43)34(42)37-26-10-14-40(15-11-26)27-12-16-44-17-13-27/h4-9,18-19,22-23,26-27H,10-17,20-21H2,1-3H3,(H,37,42). The van der Waals surface area contributed by atoms with Gasteiger partial charge in [-0.05, 0) is 87.1 Å². The third-order valence-corrected chi connectivity index (χ3v) is 9.02. The van der Waals surface area contributed by atoms with Gasteiger partial charge in [-0.3, -0.25) is 4.79 Å². The minimum absolute atomic E-state index is 0.0434. The Morgan fingerprint density at radius 2 is 1.78 bits per heavy atom.